The molecule has 6 bridgehead atoms. The number of fused-ring (bicyclic) bond motifs is 8. The summed E-state index contributed by atoms with van der Waals surface area (Å²) in [6.07, 6.45) is 2.00. The number of aryl methyl sites for hydroxylation is 2. The average Bonchev–Trinajstić information content (AvgIpc) is 2.93. The topological polar surface area (TPSA) is 123 Å². The first kappa shape index (κ1) is 27.2. The molecule has 0 saturated carbocycles. The summed E-state index contributed by atoms with van der Waals surface area (Å²) in [6.45, 7) is 4.92. The zero-order chi connectivity index (χ0) is 28.2. The smallest absolute Gasteiger partial charge is 0.345 e. The highest BCUT2D eigenvalue weighted by molar-refractivity contribution is 5.79. The van der Waals surface area contributed by atoms with E-state index in [0.29, 0.717) is 61.9 Å². The fraction of sp³-hybridized carbons (Fsp3) is 0.400. The van der Waals surface area contributed by atoms with E-state index < -0.39 is 0 Å². The molecule has 2 N–H and O–H groups in total. The molecule has 6 rings (SSSR count). The summed E-state index contributed by atoms with van der Waals surface area (Å²) in [7, 11) is 1.56. The molecule has 1 atom stereocenters. The summed E-state index contributed by atoms with van der Waals surface area (Å²) in [4.78, 5) is 46.5. The van der Waals surface area contributed by atoms with E-state index in [9.17, 15) is 14.4 Å². The van der Waals surface area contributed by atoms with Gasteiger partial charge in [-0.3, -0.25) is 9.59 Å². The Balaban J connectivity index is 1.52. The zero-order valence-electron chi connectivity index (χ0n) is 23.0. The number of hydrogen-bond acceptors (Lipinski definition) is 7. The van der Waals surface area contributed by atoms with Crippen LogP contribution < -0.4 is 25.2 Å². The van der Waals surface area contributed by atoms with Crippen LogP contribution in [0.5, 0.6) is 17.2 Å². The van der Waals surface area contributed by atoms with Crippen LogP contribution >= 0.6 is 0 Å². The number of aromatic amines is 1. The van der Waals surface area contributed by atoms with Crippen LogP contribution in [0.2, 0.25) is 0 Å². The number of ether oxygens (including phenoxy) is 3. The molecule has 3 aliphatic rings. The van der Waals surface area contributed by atoms with Gasteiger partial charge in [0, 0.05) is 30.9 Å². The minimum Gasteiger partial charge on any atom is -0.494 e. The lowest BCUT2D eigenvalue weighted by molar-refractivity contribution is -0.133. The second-order valence-corrected chi connectivity index (χ2v) is 10.1. The molecule has 4 heterocycles. The summed E-state index contributed by atoms with van der Waals surface area (Å²) >= 11 is 0. The van der Waals surface area contributed by atoms with Crippen molar-refractivity contribution in [3.8, 4) is 17.2 Å². The van der Waals surface area contributed by atoms with Crippen molar-refractivity contribution in [1.29, 1.82) is 0 Å². The second-order valence-electron chi connectivity index (χ2n) is 10.1. The van der Waals surface area contributed by atoms with Crippen LogP contribution in [0.15, 0.2) is 41.2 Å². The largest absolute Gasteiger partial charge is 0.494 e. The van der Waals surface area contributed by atoms with Gasteiger partial charge < -0.3 is 29.4 Å². The minimum atomic E-state index is -0.385. The summed E-state index contributed by atoms with van der Waals surface area (Å²) in [5.41, 5.74) is 4.76. The normalized spacial score (nSPS) is 17.0. The highest BCUT2D eigenvalue weighted by Gasteiger charge is 2.33. The van der Waals surface area contributed by atoms with Gasteiger partial charge in [0.1, 0.15) is 5.75 Å². The molecule has 1 aromatic heterocycles. The summed E-state index contributed by atoms with van der Waals surface area (Å²) in [6, 6.07) is 11.3. The standard InChI is InChI=1S/C30H34N4O6/c1-18-23(19(2)33-30(37)32-18)8-9-28(36)34-12-10-20-15-26-25(38-3)16-24(20)29(34)21-6-4-7-22(14-21)39-13-5-11-31-27(35)17-40-26/h4,6-7,14-16,29H,5,8-13,17H2,1-3H3,(H,31,35)(H,32,33,37). The molecule has 3 aromatic rings. The van der Waals surface area contributed by atoms with E-state index in [1.54, 1.807) is 14.0 Å². The van der Waals surface area contributed by atoms with E-state index in [1.807, 2.05) is 48.2 Å². The molecule has 2 amide bonds. The number of nitrogens with one attached hydrogen (secondary N) is 2. The van der Waals surface area contributed by atoms with Gasteiger partial charge in [-0.15, -0.1) is 0 Å². The first-order chi connectivity index (χ1) is 19.3. The molecule has 40 heavy (non-hydrogen) atoms. The van der Waals surface area contributed by atoms with Crippen LogP contribution in [0.25, 0.3) is 0 Å². The summed E-state index contributed by atoms with van der Waals surface area (Å²) in [5, 5.41) is 2.85. The highest BCUT2D eigenvalue weighted by Crippen LogP contribution is 2.42. The van der Waals surface area contributed by atoms with Gasteiger partial charge in [-0.2, -0.15) is 4.98 Å². The van der Waals surface area contributed by atoms with E-state index in [-0.39, 0.29) is 36.6 Å². The number of carbonyl (C=O) groups excluding carboxylic acids is 2. The van der Waals surface area contributed by atoms with Gasteiger partial charge in [0.2, 0.25) is 5.91 Å². The third-order valence-corrected chi connectivity index (χ3v) is 7.46. The quantitative estimate of drug-likeness (QED) is 0.516. The third-order valence-electron chi connectivity index (χ3n) is 7.46. The Labute approximate surface area is 232 Å². The first-order valence-corrected chi connectivity index (χ1v) is 13.5. The molecule has 10 heteroatoms. The molecular weight excluding hydrogens is 512 g/mol. The predicted octanol–water partition coefficient (Wildman–Crippen LogP) is 2.78. The maximum Gasteiger partial charge on any atom is 0.345 e. The van der Waals surface area contributed by atoms with Crippen molar-refractivity contribution in [2.24, 2.45) is 0 Å². The number of benzene rings is 2. The second kappa shape index (κ2) is 11.8. The van der Waals surface area contributed by atoms with Gasteiger partial charge in [-0.1, -0.05) is 12.1 Å². The lowest BCUT2D eigenvalue weighted by atomic mass is 9.87. The Morgan fingerprint density at radius 3 is 2.83 bits per heavy atom. The van der Waals surface area contributed by atoms with Gasteiger partial charge in [-0.05, 0) is 79.6 Å². The molecule has 0 aliphatic carbocycles. The van der Waals surface area contributed by atoms with Crippen LogP contribution in [-0.2, 0) is 22.4 Å². The average molecular weight is 547 g/mol. The van der Waals surface area contributed by atoms with Crippen molar-refractivity contribution in [2.75, 3.05) is 33.4 Å². The SMILES string of the molecule is COc1cc2c3cc1OCC(=O)NCCCOc1cccc(c1)C2N(C(=O)CCc1c(C)nc(=O)[nH]c1C)CC3. The zero-order valence-corrected chi connectivity index (χ0v) is 23.0. The maximum absolute atomic E-state index is 13.8. The lowest BCUT2D eigenvalue weighted by Gasteiger charge is -2.38. The monoisotopic (exact) mass is 546 g/mol. The van der Waals surface area contributed by atoms with Crippen molar-refractivity contribution in [3.63, 3.8) is 0 Å². The number of H-pyrrole nitrogens is 1. The van der Waals surface area contributed by atoms with E-state index in [4.69, 9.17) is 14.2 Å². The number of methoxy groups -OCH3 is 1. The molecular formula is C30H34N4O6. The number of rotatable bonds is 4. The number of hydrogen-bond donors (Lipinski definition) is 2. The summed E-state index contributed by atoms with van der Waals surface area (Å²) in [5.74, 6) is 1.48. The number of nitrogens with zero attached hydrogens (tertiary/aromatic N) is 2. The Morgan fingerprint density at radius 1 is 1.18 bits per heavy atom. The molecule has 1 unspecified atom stereocenters. The van der Waals surface area contributed by atoms with Gasteiger partial charge in [0.05, 0.1) is 19.8 Å². The Bertz CT molecular complexity index is 1460. The number of carbonyl (C=O) groups is 2. The predicted molar refractivity (Wildman–Crippen MR) is 148 cm³/mol. The Kier molecular flexibility index (Phi) is 8.04. The van der Waals surface area contributed by atoms with Gasteiger partial charge in [-0.25, -0.2) is 4.79 Å². The van der Waals surface area contributed by atoms with Gasteiger partial charge in [0.25, 0.3) is 5.91 Å². The Hall–Kier alpha value is -4.34. The van der Waals surface area contributed by atoms with E-state index in [0.717, 1.165) is 27.9 Å². The molecule has 210 valence electrons. The first-order valence-electron chi connectivity index (χ1n) is 13.5. The third kappa shape index (κ3) is 5.80. The van der Waals surface area contributed by atoms with Crippen molar-refractivity contribution >= 4 is 11.8 Å². The van der Waals surface area contributed by atoms with Gasteiger partial charge in [0.15, 0.2) is 18.1 Å². The number of amides is 2. The minimum absolute atomic E-state index is 0.00246. The fourth-order valence-electron chi connectivity index (χ4n) is 5.48. The van der Waals surface area contributed by atoms with Crippen LogP contribution in [-0.4, -0.2) is 60.1 Å². The lowest BCUT2D eigenvalue weighted by Crippen LogP contribution is -2.41. The Morgan fingerprint density at radius 2 is 2.02 bits per heavy atom. The van der Waals surface area contributed by atoms with Gasteiger partial charge >= 0.3 is 5.69 Å². The van der Waals surface area contributed by atoms with Crippen LogP contribution in [0.4, 0.5) is 0 Å². The molecule has 0 spiro atoms. The van der Waals surface area contributed by atoms with E-state index in [1.165, 1.54) is 0 Å². The summed E-state index contributed by atoms with van der Waals surface area (Å²) < 4.78 is 17.5. The van der Waals surface area contributed by atoms with E-state index in [2.05, 4.69) is 15.3 Å². The van der Waals surface area contributed by atoms with Crippen LogP contribution in [0, 0.1) is 13.8 Å². The van der Waals surface area contributed by atoms with Crippen molar-refractivity contribution in [1.82, 2.24) is 20.2 Å². The number of aromatic nitrogens is 2. The molecule has 2 aromatic carbocycles. The molecule has 0 fully saturated rings. The maximum atomic E-state index is 13.8. The van der Waals surface area contributed by atoms with Crippen LogP contribution in [0.3, 0.4) is 0 Å². The molecule has 0 saturated heterocycles. The van der Waals surface area contributed by atoms with Crippen molar-refractivity contribution in [3.05, 3.63) is 80.5 Å². The van der Waals surface area contributed by atoms with E-state index >= 15 is 0 Å². The fourth-order valence-corrected chi connectivity index (χ4v) is 5.48. The highest BCUT2D eigenvalue weighted by atomic mass is 16.5. The molecule has 10 nitrogen and oxygen atoms in total. The van der Waals surface area contributed by atoms with Crippen LogP contribution in [0.1, 0.15) is 52.5 Å². The molecule has 3 aliphatic heterocycles. The molecule has 0 radical (unpaired) electrons. The van der Waals surface area contributed by atoms with Crippen molar-refractivity contribution in [2.45, 2.75) is 45.6 Å². The van der Waals surface area contributed by atoms with Crippen molar-refractivity contribution < 1.29 is 23.8 Å².